The summed E-state index contributed by atoms with van der Waals surface area (Å²) in [5.41, 5.74) is 0.528. The highest BCUT2D eigenvalue weighted by Crippen LogP contribution is 2.13. The first-order valence-corrected chi connectivity index (χ1v) is 9.03. The highest BCUT2D eigenvalue weighted by atomic mass is 32.2. The fraction of sp³-hybridized carbons (Fsp3) is 0.786. The molecule has 0 bridgehead atoms. The van der Waals surface area contributed by atoms with Crippen LogP contribution in [0.5, 0.6) is 0 Å². The van der Waals surface area contributed by atoms with Crippen LogP contribution in [0.15, 0.2) is 11.1 Å². The van der Waals surface area contributed by atoms with E-state index in [1.807, 2.05) is 6.92 Å². The average Bonchev–Trinajstić information content (AvgIpc) is 2.74. The lowest BCUT2D eigenvalue weighted by Crippen LogP contribution is -2.33. The molecular formula is C14H28N4O2S. The number of aryl methyl sites for hydroxylation is 2. The van der Waals surface area contributed by atoms with E-state index in [4.69, 9.17) is 0 Å². The zero-order valence-electron chi connectivity index (χ0n) is 13.8. The maximum Gasteiger partial charge on any atom is 0.244 e. The van der Waals surface area contributed by atoms with Crippen LogP contribution in [-0.2, 0) is 17.1 Å². The molecule has 0 aliphatic rings. The molecule has 21 heavy (non-hydrogen) atoms. The van der Waals surface area contributed by atoms with E-state index in [0.717, 1.165) is 32.5 Å². The minimum absolute atomic E-state index is 0.0785. The first kappa shape index (κ1) is 18.1. The SMILES string of the molecule is CCN(CC)CCCC(C)NS(=O)(=O)c1cn(C)nc1C. The van der Waals surface area contributed by atoms with Crippen molar-refractivity contribution in [3.63, 3.8) is 0 Å². The van der Waals surface area contributed by atoms with Gasteiger partial charge in [0, 0.05) is 19.3 Å². The van der Waals surface area contributed by atoms with E-state index in [1.54, 1.807) is 20.2 Å². The maximum atomic E-state index is 12.3. The fourth-order valence-electron chi connectivity index (χ4n) is 2.39. The summed E-state index contributed by atoms with van der Waals surface area (Å²) < 4.78 is 28.9. The third kappa shape index (κ3) is 5.41. The summed E-state index contributed by atoms with van der Waals surface area (Å²) in [4.78, 5) is 2.60. The number of aromatic nitrogens is 2. The van der Waals surface area contributed by atoms with Crippen LogP contribution in [-0.4, -0.2) is 48.8 Å². The molecule has 0 saturated carbocycles. The van der Waals surface area contributed by atoms with E-state index < -0.39 is 10.0 Å². The maximum absolute atomic E-state index is 12.3. The number of hydrogen-bond donors (Lipinski definition) is 1. The van der Waals surface area contributed by atoms with Gasteiger partial charge in [0.1, 0.15) is 4.90 Å². The summed E-state index contributed by atoms with van der Waals surface area (Å²) in [6.45, 7) is 11.0. The van der Waals surface area contributed by atoms with E-state index in [9.17, 15) is 8.42 Å². The van der Waals surface area contributed by atoms with Gasteiger partial charge in [0.15, 0.2) is 0 Å². The average molecular weight is 316 g/mol. The molecule has 0 amide bonds. The Labute approximate surface area is 128 Å². The van der Waals surface area contributed by atoms with Crippen molar-refractivity contribution >= 4 is 10.0 Å². The third-order valence-electron chi connectivity index (χ3n) is 3.62. The van der Waals surface area contributed by atoms with Crippen molar-refractivity contribution < 1.29 is 8.42 Å². The smallest absolute Gasteiger partial charge is 0.244 e. The molecule has 1 heterocycles. The summed E-state index contributed by atoms with van der Waals surface area (Å²) in [5.74, 6) is 0. The van der Waals surface area contributed by atoms with Gasteiger partial charge in [-0.2, -0.15) is 5.10 Å². The van der Waals surface area contributed by atoms with Crippen molar-refractivity contribution in [3.05, 3.63) is 11.9 Å². The standard InChI is InChI=1S/C14H28N4O2S/c1-6-18(7-2)10-8-9-12(3)16-21(19,20)14-11-17(5)15-13(14)4/h11-12,16H,6-10H2,1-5H3. The Morgan fingerprint density at radius 2 is 2.00 bits per heavy atom. The Balaban J connectivity index is 2.54. The second kappa shape index (κ2) is 7.91. The molecular weight excluding hydrogens is 288 g/mol. The van der Waals surface area contributed by atoms with Crippen LogP contribution in [0.2, 0.25) is 0 Å². The summed E-state index contributed by atoms with van der Waals surface area (Å²) >= 11 is 0. The molecule has 6 nitrogen and oxygen atoms in total. The molecule has 122 valence electrons. The van der Waals surface area contributed by atoms with Crippen LogP contribution < -0.4 is 4.72 Å². The molecule has 0 spiro atoms. The van der Waals surface area contributed by atoms with Crippen molar-refractivity contribution in [3.8, 4) is 0 Å². The van der Waals surface area contributed by atoms with Gasteiger partial charge in [-0.15, -0.1) is 0 Å². The Morgan fingerprint density at radius 3 is 2.48 bits per heavy atom. The molecule has 1 rings (SSSR count). The van der Waals surface area contributed by atoms with E-state index in [1.165, 1.54) is 4.68 Å². The zero-order chi connectivity index (χ0) is 16.0. The second-order valence-electron chi connectivity index (χ2n) is 5.44. The predicted octanol–water partition coefficient (Wildman–Crippen LogP) is 1.52. The fourth-order valence-corrected chi connectivity index (χ4v) is 3.89. The molecule has 0 aromatic carbocycles. The topological polar surface area (TPSA) is 67.2 Å². The molecule has 7 heteroatoms. The molecule has 0 fully saturated rings. The first-order chi connectivity index (χ1) is 9.80. The molecule has 1 N–H and O–H groups in total. The molecule has 1 atom stereocenters. The van der Waals surface area contributed by atoms with Crippen LogP contribution in [0, 0.1) is 6.92 Å². The number of sulfonamides is 1. The van der Waals surface area contributed by atoms with Crippen molar-refractivity contribution in [2.24, 2.45) is 7.05 Å². The Kier molecular flexibility index (Phi) is 6.83. The Hall–Kier alpha value is -0.920. The largest absolute Gasteiger partial charge is 0.304 e. The zero-order valence-corrected chi connectivity index (χ0v) is 14.6. The quantitative estimate of drug-likeness (QED) is 0.750. The van der Waals surface area contributed by atoms with Crippen LogP contribution in [0.25, 0.3) is 0 Å². The molecule has 1 aromatic rings. The summed E-state index contributed by atoms with van der Waals surface area (Å²) in [5, 5.41) is 4.08. The predicted molar refractivity (Wildman–Crippen MR) is 84.8 cm³/mol. The number of nitrogens with one attached hydrogen (secondary N) is 1. The molecule has 1 aromatic heterocycles. The lowest BCUT2D eigenvalue weighted by Gasteiger charge is -2.19. The van der Waals surface area contributed by atoms with Gasteiger partial charge < -0.3 is 4.90 Å². The van der Waals surface area contributed by atoms with Crippen molar-refractivity contribution in [1.29, 1.82) is 0 Å². The lowest BCUT2D eigenvalue weighted by molar-refractivity contribution is 0.293. The van der Waals surface area contributed by atoms with Crippen LogP contribution >= 0.6 is 0 Å². The number of rotatable bonds is 9. The van der Waals surface area contributed by atoms with Crippen LogP contribution in [0.4, 0.5) is 0 Å². The minimum Gasteiger partial charge on any atom is -0.304 e. The van der Waals surface area contributed by atoms with Gasteiger partial charge in [0.25, 0.3) is 0 Å². The number of hydrogen-bond acceptors (Lipinski definition) is 4. The van der Waals surface area contributed by atoms with E-state index >= 15 is 0 Å². The molecule has 0 aliphatic heterocycles. The highest BCUT2D eigenvalue weighted by molar-refractivity contribution is 7.89. The summed E-state index contributed by atoms with van der Waals surface area (Å²) in [7, 11) is -1.76. The number of nitrogens with zero attached hydrogens (tertiary/aromatic N) is 3. The van der Waals surface area contributed by atoms with E-state index in [0.29, 0.717) is 5.69 Å². The highest BCUT2D eigenvalue weighted by Gasteiger charge is 2.21. The van der Waals surface area contributed by atoms with Crippen molar-refractivity contribution in [2.45, 2.75) is 51.5 Å². The van der Waals surface area contributed by atoms with Gasteiger partial charge in [0.05, 0.1) is 5.69 Å². The van der Waals surface area contributed by atoms with Crippen LogP contribution in [0.3, 0.4) is 0 Å². The van der Waals surface area contributed by atoms with Gasteiger partial charge >= 0.3 is 0 Å². The Bertz CT molecular complexity index is 535. The first-order valence-electron chi connectivity index (χ1n) is 7.55. The van der Waals surface area contributed by atoms with Gasteiger partial charge in [-0.25, -0.2) is 13.1 Å². The third-order valence-corrected chi connectivity index (χ3v) is 5.31. The summed E-state index contributed by atoms with van der Waals surface area (Å²) in [6, 6.07) is -0.0785. The molecule has 0 aliphatic carbocycles. The van der Waals surface area contributed by atoms with Gasteiger partial charge in [-0.1, -0.05) is 13.8 Å². The van der Waals surface area contributed by atoms with E-state index in [2.05, 4.69) is 28.6 Å². The van der Waals surface area contributed by atoms with Crippen molar-refractivity contribution in [2.75, 3.05) is 19.6 Å². The van der Waals surface area contributed by atoms with Crippen LogP contribution in [0.1, 0.15) is 39.3 Å². The van der Waals surface area contributed by atoms with E-state index in [-0.39, 0.29) is 10.9 Å². The Morgan fingerprint density at radius 1 is 1.38 bits per heavy atom. The molecule has 0 saturated heterocycles. The monoisotopic (exact) mass is 316 g/mol. The minimum atomic E-state index is -3.48. The lowest BCUT2D eigenvalue weighted by atomic mass is 10.2. The molecule has 0 radical (unpaired) electrons. The van der Waals surface area contributed by atoms with Gasteiger partial charge in [-0.05, 0) is 46.3 Å². The normalized spacial score (nSPS) is 13.8. The molecule has 1 unspecified atom stereocenters. The second-order valence-corrected chi connectivity index (χ2v) is 7.13. The van der Waals surface area contributed by atoms with Gasteiger partial charge in [0.2, 0.25) is 10.0 Å². The summed E-state index contributed by atoms with van der Waals surface area (Å²) in [6.07, 6.45) is 3.35. The van der Waals surface area contributed by atoms with Crippen molar-refractivity contribution in [1.82, 2.24) is 19.4 Å². The van der Waals surface area contributed by atoms with Gasteiger partial charge in [-0.3, -0.25) is 4.68 Å².